The number of aliphatic hydroxyl groups excluding tert-OH is 1. The van der Waals surface area contributed by atoms with E-state index in [1.54, 1.807) is 0 Å². The van der Waals surface area contributed by atoms with Crippen molar-refractivity contribution in [2.24, 2.45) is 5.92 Å². The van der Waals surface area contributed by atoms with E-state index in [1.807, 2.05) is 44.2 Å². The van der Waals surface area contributed by atoms with Gasteiger partial charge in [-0.2, -0.15) is 0 Å². The van der Waals surface area contributed by atoms with Crippen molar-refractivity contribution in [1.29, 1.82) is 0 Å². The smallest absolute Gasteiger partial charge is 0.241 e. The number of hydrogen-bond donors (Lipinski definition) is 4. The summed E-state index contributed by atoms with van der Waals surface area (Å²) in [5.74, 6) is -0.512. The van der Waals surface area contributed by atoms with Crippen LogP contribution >= 0.6 is 12.2 Å². The summed E-state index contributed by atoms with van der Waals surface area (Å²) in [5, 5.41) is 13.2. The third-order valence-corrected chi connectivity index (χ3v) is 3.61. The largest absolute Gasteiger partial charge is 0.391 e. The number of rotatable bonds is 9. The van der Waals surface area contributed by atoms with Crippen molar-refractivity contribution in [3.05, 3.63) is 30.3 Å². The first-order valence-electron chi connectivity index (χ1n) is 8.24. The maximum absolute atomic E-state index is 12.2. The van der Waals surface area contributed by atoms with Crippen molar-refractivity contribution in [2.75, 3.05) is 18.5 Å². The van der Waals surface area contributed by atoms with Crippen LogP contribution < -0.4 is 16.2 Å². The molecular weight excluding hydrogens is 326 g/mol. The van der Waals surface area contributed by atoms with E-state index in [0.717, 1.165) is 12.1 Å². The number of carbonyl (C=O) groups is 1. The fraction of sp³-hybridized carbons (Fsp3) is 0.529. The maximum Gasteiger partial charge on any atom is 0.241 e. The summed E-state index contributed by atoms with van der Waals surface area (Å²) in [7, 11) is 0. The highest BCUT2D eigenvalue weighted by atomic mass is 32.1. The van der Waals surface area contributed by atoms with Crippen LogP contribution in [0.15, 0.2) is 30.3 Å². The van der Waals surface area contributed by atoms with Crippen LogP contribution in [-0.2, 0) is 9.53 Å². The van der Waals surface area contributed by atoms with Gasteiger partial charge in [-0.05, 0) is 43.6 Å². The predicted octanol–water partition coefficient (Wildman–Crippen LogP) is 2.21. The van der Waals surface area contributed by atoms with E-state index in [9.17, 15) is 9.90 Å². The van der Waals surface area contributed by atoms with E-state index in [1.165, 1.54) is 0 Å². The molecule has 7 heteroatoms. The van der Waals surface area contributed by atoms with Gasteiger partial charge in [-0.25, -0.2) is 0 Å². The number of nitrogens with one attached hydrogen (secondary N) is 3. The predicted molar refractivity (Wildman–Crippen MR) is 99.5 cm³/mol. The molecule has 1 amide bonds. The lowest BCUT2D eigenvalue weighted by Crippen LogP contribution is -2.46. The van der Waals surface area contributed by atoms with Crippen LogP contribution in [0.25, 0.3) is 0 Å². The zero-order valence-corrected chi connectivity index (χ0v) is 15.1. The number of carbonyl (C=O) groups excluding carboxylic acids is 1. The average Bonchev–Trinajstić information content (AvgIpc) is 2.58. The van der Waals surface area contributed by atoms with Crippen molar-refractivity contribution in [1.82, 2.24) is 10.9 Å². The Hall–Kier alpha value is -1.70. The number of hydrazine groups is 1. The van der Waals surface area contributed by atoms with Gasteiger partial charge in [0.1, 0.15) is 0 Å². The minimum atomic E-state index is -0.651. The number of para-hydroxylation sites is 1. The number of thiocarbonyl (C=S) groups is 1. The number of hydrogen-bond acceptors (Lipinski definition) is 4. The van der Waals surface area contributed by atoms with E-state index in [0.29, 0.717) is 24.6 Å². The van der Waals surface area contributed by atoms with E-state index in [-0.39, 0.29) is 18.4 Å². The molecule has 4 N–H and O–H groups in total. The van der Waals surface area contributed by atoms with Crippen molar-refractivity contribution in [2.45, 2.75) is 39.2 Å². The highest BCUT2D eigenvalue weighted by Gasteiger charge is 2.20. The number of amides is 1. The molecule has 1 rings (SSSR count). The molecule has 0 radical (unpaired) electrons. The Morgan fingerprint density at radius 3 is 2.58 bits per heavy atom. The van der Waals surface area contributed by atoms with Gasteiger partial charge in [-0.3, -0.25) is 15.6 Å². The van der Waals surface area contributed by atoms with Crippen LogP contribution in [0.5, 0.6) is 0 Å². The summed E-state index contributed by atoms with van der Waals surface area (Å²) in [4.78, 5) is 12.2. The Bertz CT molecular complexity index is 499. The average molecular weight is 353 g/mol. The van der Waals surface area contributed by atoms with Crippen LogP contribution in [-0.4, -0.2) is 35.4 Å². The van der Waals surface area contributed by atoms with E-state index in [4.69, 9.17) is 17.0 Å². The molecule has 134 valence electrons. The van der Waals surface area contributed by atoms with Gasteiger partial charge in [0.25, 0.3) is 0 Å². The standard InChI is InChI=1S/C17H27N3O3S/c1-3-10-23-12-15(21)11-13(4-2)16(22)19-20-17(24)18-14-8-6-5-7-9-14/h5-9,13,15,21H,3-4,10-12H2,1-2H3,(H,19,22)(H2,18,20,24)/t13-,15-/m0/s1. The van der Waals surface area contributed by atoms with Gasteiger partial charge >= 0.3 is 0 Å². The monoisotopic (exact) mass is 353 g/mol. The summed E-state index contributed by atoms with van der Waals surface area (Å²) in [5.41, 5.74) is 6.09. The minimum absolute atomic E-state index is 0.204. The molecule has 1 aromatic carbocycles. The lowest BCUT2D eigenvalue weighted by molar-refractivity contribution is -0.127. The number of benzene rings is 1. The Labute approximate surface area is 148 Å². The Kier molecular flexibility index (Phi) is 9.98. The second-order valence-corrected chi connectivity index (χ2v) is 5.91. The molecule has 0 saturated carbocycles. The van der Waals surface area contributed by atoms with Crippen LogP contribution in [0.2, 0.25) is 0 Å². The van der Waals surface area contributed by atoms with Gasteiger partial charge in [0.2, 0.25) is 5.91 Å². The van der Waals surface area contributed by atoms with Crippen molar-refractivity contribution in [3.8, 4) is 0 Å². The van der Waals surface area contributed by atoms with Gasteiger partial charge in [0, 0.05) is 18.2 Å². The molecule has 24 heavy (non-hydrogen) atoms. The minimum Gasteiger partial charge on any atom is -0.391 e. The SMILES string of the molecule is CCCOC[C@@H](O)C[C@H](CC)C(=O)NNC(=S)Nc1ccccc1. The fourth-order valence-corrected chi connectivity index (χ4v) is 2.29. The Balaban J connectivity index is 2.34. The second-order valence-electron chi connectivity index (χ2n) is 5.50. The van der Waals surface area contributed by atoms with Crippen molar-refractivity contribution < 1.29 is 14.6 Å². The first-order valence-corrected chi connectivity index (χ1v) is 8.65. The highest BCUT2D eigenvalue weighted by Crippen LogP contribution is 2.12. The van der Waals surface area contributed by atoms with Gasteiger partial charge in [0.15, 0.2) is 5.11 Å². The Morgan fingerprint density at radius 1 is 1.25 bits per heavy atom. The zero-order valence-electron chi connectivity index (χ0n) is 14.2. The number of aliphatic hydroxyl groups is 1. The van der Waals surface area contributed by atoms with Crippen LogP contribution in [0, 0.1) is 5.92 Å². The summed E-state index contributed by atoms with van der Waals surface area (Å²) in [6.07, 6.45) is 1.23. The lowest BCUT2D eigenvalue weighted by atomic mass is 9.98. The van der Waals surface area contributed by atoms with E-state index in [2.05, 4.69) is 16.2 Å². The topological polar surface area (TPSA) is 82.6 Å². The molecule has 0 fully saturated rings. The molecule has 0 aromatic heterocycles. The molecule has 6 nitrogen and oxygen atoms in total. The molecule has 1 aromatic rings. The molecule has 0 aliphatic heterocycles. The van der Waals surface area contributed by atoms with Crippen molar-refractivity contribution >= 4 is 28.9 Å². The summed E-state index contributed by atoms with van der Waals surface area (Å²) in [6, 6.07) is 9.43. The molecule has 2 atom stereocenters. The van der Waals surface area contributed by atoms with E-state index < -0.39 is 6.10 Å². The van der Waals surface area contributed by atoms with Crippen LogP contribution in [0.4, 0.5) is 5.69 Å². The third kappa shape index (κ3) is 8.24. The first kappa shape index (κ1) is 20.3. The first-order chi connectivity index (χ1) is 11.6. The molecular formula is C17H27N3O3S. The van der Waals surface area contributed by atoms with Gasteiger partial charge in [-0.1, -0.05) is 32.0 Å². The summed E-state index contributed by atoms with van der Waals surface area (Å²) in [6.45, 7) is 4.77. The van der Waals surface area contributed by atoms with E-state index >= 15 is 0 Å². The molecule has 0 spiro atoms. The van der Waals surface area contributed by atoms with Gasteiger partial charge in [-0.15, -0.1) is 0 Å². The highest BCUT2D eigenvalue weighted by molar-refractivity contribution is 7.80. The molecule has 0 aliphatic rings. The molecule has 0 heterocycles. The zero-order chi connectivity index (χ0) is 17.8. The number of anilines is 1. The fourth-order valence-electron chi connectivity index (χ4n) is 2.12. The summed E-state index contributed by atoms with van der Waals surface area (Å²) < 4.78 is 5.31. The molecule has 0 saturated heterocycles. The molecule has 0 unspecified atom stereocenters. The van der Waals surface area contributed by atoms with Crippen LogP contribution in [0.3, 0.4) is 0 Å². The quantitative estimate of drug-likeness (QED) is 0.310. The van der Waals surface area contributed by atoms with Crippen molar-refractivity contribution in [3.63, 3.8) is 0 Å². The number of ether oxygens (including phenoxy) is 1. The second kappa shape index (κ2) is 11.8. The van der Waals surface area contributed by atoms with Gasteiger partial charge < -0.3 is 15.2 Å². The normalized spacial score (nSPS) is 13.0. The third-order valence-electron chi connectivity index (χ3n) is 3.41. The van der Waals surface area contributed by atoms with Crippen LogP contribution in [0.1, 0.15) is 33.1 Å². The summed E-state index contributed by atoms with van der Waals surface area (Å²) >= 11 is 5.13. The molecule has 0 aliphatic carbocycles. The molecule has 0 bridgehead atoms. The lowest BCUT2D eigenvalue weighted by Gasteiger charge is -2.19. The maximum atomic E-state index is 12.2. The Morgan fingerprint density at radius 2 is 1.96 bits per heavy atom. The van der Waals surface area contributed by atoms with Gasteiger partial charge in [0.05, 0.1) is 12.7 Å².